The highest BCUT2D eigenvalue weighted by Gasteiger charge is 2.22. The Balaban J connectivity index is 1.87. The van der Waals surface area contributed by atoms with Gasteiger partial charge in [0.1, 0.15) is 5.75 Å². The number of fused-ring (bicyclic) bond motifs is 1. The highest BCUT2D eigenvalue weighted by Crippen LogP contribution is 2.37. The Kier molecular flexibility index (Phi) is 9.36. The van der Waals surface area contributed by atoms with Crippen molar-refractivity contribution in [2.75, 3.05) is 20.3 Å². The van der Waals surface area contributed by atoms with Gasteiger partial charge < -0.3 is 14.2 Å². The first-order chi connectivity index (χ1) is 20.0. The number of nitrogens with zero attached hydrogens (tertiary/aromatic N) is 4. The molecule has 4 aromatic rings. The molecule has 1 heterocycles. The van der Waals surface area contributed by atoms with Crippen LogP contribution < -0.4 is 15.0 Å². The Morgan fingerprint density at radius 2 is 1.95 bits per heavy atom. The Labute approximate surface area is 250 Å². The van der Waals surface area contributed by atoms with E-state index in [0.717, 1.165) is 16.9 Å². The second-order valence-electron chi connectivity index (χ2n) is 9.58. The van der Waals surface area contributed by atoms with Gasteiger partial charge >= 0.3 is 11.7 Å². The van der Waals surface area contributed by atoms with E-state index in [1.54, 1.807) is 38.3 Å². The van der Waals surface area contributed by atoms with E-state index in [2.05, 4.69) is 21.0 Å². The molecule has 0 unspecified atom stereocenters. The van der Waals surface area contributed by atoms with E-state index in [0.29, 0.717) is 27.9 Å². The summed E-state index contributed by atoms with van der Waals surface area (Å²) in [5.41, 5.74) is 2.46. The lowest BCUT2D eigenvalue weighted by Gasteiger charge is -2.17. The van der Waals surface area contributed by atoms with Gasteiger partial charge in [-0.3, -0.25) is 14.9 Å². The molecule has 0 aliphatic carbocycles. The quantitative estimate of drug-likeness (QED) is 0.0895. The summed E-state index contributed by atoms with van der Waals surface area (Å²) in [7, 11) is 1.61. The van der Waals surface area contributed by atoms with Crippen molar-refractivity contribution in [1.82, 2.24) is 9.66 Å². The van der Waals surface area contributed by atoms with Crippen LogP contribution in [0.3, 0.4) is 0 Å². The number of methoxy groups -OCH3 is 1. The summed E-state index contributed by atoms with van der Waals surface area (Å²) in [6, 6.07) is 13.6. The standard InChI is InChI=1S/C30H29BrN4O7/c1-6-41-27(36)16-42-28-23(31)12-19(13-25(28)35(38)39)15-32-34-29(33-24-10-8-7-9-20(24)30(34)37)22-14-21(17(2)3)26(40-5)11-18(22)4/h7-15,17H,6,16H2,1-5H3. The molecule has 0 spiro atoms. The third-order valence-electron chi connectivity index (χ3n) is 6.40. The normalized spacial score (nSPS) is 11.3. The predicted octanol–water partition coefficient (Wildman–Crippen LogP) is 6.00. The van der Waals surface area contributed by atoms with Gasteiger partial charge in [0, 0.05) is 17.2 Å². The first-order valence-electron chi connectivity index (χ1n) is 13.1. The van der Waals surface area contributed by atoms with Crippen LogP contribution in [0, 0.1) is 17.0 Å². The van der Waals surface area contributed by atoms with Crippen LogP contribution >= 0.6 is 15.9 Å². The fraction of sp³-hybridized carbons (Fsp3) is 0.267. The van der Waals surface area contributed by atoms with Crippen molar-refractivity contribution < 1.29 is 23.9 Å². The van der Waals surface area contributed by atoms with Crippen molar-refractivity contribution in [2.24, 2.45) is 5.10 Å². The summed E-state index contributed by atoms with van der Waals surface area (Å²) in [5, 5.41) is 16.7. The number of aryl methyl sites for hydroxylation is 1. The van der Waals surface area contributed by atoms with Crippen LogP contribution in [0.15, 0.2) is 62.9 Å². The van der Waals surface area contributed by atoms with Crippen molar-refractivity contribution in [2.45, 2.75) is 33.6 Å². The van der Waals surface area contributed by atoms with E-state index >= 15 is 0 Å². The summed E-state index contributed by atoms with van der Waals surface area (Å²) in [4.78, 5) is 41.4. The largest absolute Gasteiger partial charge is 0.496 e. The van der Waals surface area contributed by atoms with E-state index in [4.69, 9.17) is 19.2 Å². The average molecular weight is 637 g/mol. The molecule has 0 amide bonds. The number of esters is 1. The number of aromatic nitrogens is 2. The number of rotatable bonds is 10. The molecule has 0 saturated heterocycles. The minimum atomic E-state index is -0.658. The van der Waals surface area contributed by atoms with Crippen LogP contribution in [0.2, 0.25) is 0 Å². The molecule has 12 heteroatoms. The maximum atomic E-state index is 13.7. The minimum absolute atomic E-state index is 0.130. The zero-order valence-electron chi connectivity index (χ0n) is 23.7. The zero-order valence-corrected chi connectivity index (χ0v) is 25.3. The van der Waals surface area contributed by atoms with Crippen LogP contribution in [0.5, 0.6) is 11.5 Å². The Hall–Kier alpha value is -4.58. The van der Waals surface area contributed by atoms with Crippen molar-refractivity contribution in [1.29, 1.82) is 0 Å². The maximum Gasteiger partial charge on any atom is 0.344 e. The summed E-state index contributed by atoms with van der Waals surface area (Å²) in [5.74, 6) is 0.373. The minimum Gasteiger partial charge on any atom is -0.496 e. The van der Waals surface area contributed by atoms with Gasteiger partial charge in [0.2, 0.25) is 5.75 Å². The lowest BCUT2D eigenvalue weighted by Crippen LogP contribution is -2.21. The third kappa shape index (κ3) is 6.33. The van der Waals surface area contributed by atoms with Crippen LogP contribution in [0.4, 0.5) is 5.69 Å². The summed E-state index contributed by atoms with van der Waals surface area (Å²) < 4.78 is 17.2. The van der Waals surface area contributed by atoms with Crippen LogP contribution in [-0.2, 0) is 9.53 Å². The van der Waals surface area contributed by atoms with E-state index in [1.165, 1.54) is 23.0 Å². The molecule has 0 saturated carbocycles. The Morgan fingerprint density at radius 1 is 1.21 bits per heavy atom. The van der Waals surface area contributed by atoms with Crippen molar-refractivity contribution >= 4 is 44.7 Å². The second-order valence-corrected chi connectivity index (χ2v) is 10.4. The molecule has 0 aliphatic heterocycles. The fourth-order valence-corrected chi connectivity index (χ4v) is 4.96. The van der Waals surface area contributed by atoms with Gasteiger partial charge in [-0.25, -0.2) is 9.78 Å². The number of para-hydroxylation sites is 1. The molecule has 0 atom stereocenters. The number of benzene rings is 3. The van der Waals surface area contributed by atoms with E-state index < -0.39 is 28.7 Å². The van der Waals surface area contributed by atoms with E-state index in [-0.39, 0.29) is 22.7 Å². The molecule has 218 valence electrons. The van der Waals surface area contributed by atoms with Gasteiger partial charge in [0.15, 0.2) is 12.4 Å². The molecule has 1 aromatic heterocycles. The van der Waals surface area contributed by atoms with Crippen molar-refractivity contribution in [3.8, 4) is 22.9 Å². The van der Waals surface area contributed by atoms with Crippen LogP contribution in [-0.4, -0.2) is 47.1 Å². The lowest BCUT2D eigenvalue weighted by atomic mass is 9.96. The zero-order chi connectivity index (χ0) is 30.6. The number of ether oxygens (including phenoxy) is 3. The molecule has 0 bridgehead atoms. The number of halogens is 1. The first-order valence-corrected chi connectivity index (χ1v) is 13.9. The van der Waals surface area contributed by atoms with Crippen molar-refractivity contribution in [3.05, 3.63) is 90.2 Å². The van der Waals surface area contributed by atoms with Gasteiger partial charge in [-0.15, -0.1) is 0 Å². The van der Waals surface area contributed by atoms with Gasteiger partial charge in [-0.2, -0.15) is 9.78 Å². The van der Waals surface area contributed by atoms with Crippen molar-refractivity contribution in [3.63, 3.8) is 0 Å². The SMILES string of the molecule is CCOC(=O)COc1c(Br)cc(C=Nn2c(-c3cc(C(C)C)c(OC)cc3C)nc3ccccc3c2=O)cc1[N+](=O)[O-]. The number of nitro groups is 1. The topological polar surface area (TPSA) is 135 Å². The summed E-state index contributed by atoms with van der Waals surface area (Å²) >= 11 is 3.29. The highest BCUT2D eigenvalue weighted by atomic mass is 79.9. The number of nitro benzene ring substituents is 1. The van der Waals surface area contributed by atoms with Crippen LogP contribution in [0.25, 0.3) is 22.3 Å². The van der Waals surface area contributed by atoms with Gasteiger partial charge in [-0.05, 0) is 77.2 Å². The fourth-order valence-electron chi connectivity index (χ4n) is 4.38. The number of hydrogen-bond acceptors (Lipinski definition) is 9. The number of carbonyl (C=O) groups excluding carboxylic acids is 1. The molecule has 0 aliphatic rings. The summed E-state index contributed by atoms with van der Waals surface area (Å²) in [6.45, 7) is 7.28. The second kappa shape index (κ2) is 12.9. The summed E-state index contributed by atoms with van der Waals surface area (Å²) in [6.07, 6.45) is 1.33. The monoisotopic (exact) mass is 636 g/mol. The Bertz CT molecular complexity index is 1770. The molecular weight excluding hydrogens is 608 g/mol. The van der Waals surface area contributed by atoms with Crippen LogP contribution in [0.1, 0.15) is 43.4 Å². The number of hydrogen-bond donors (Lipinski definition) is 0. The smallest absolute Gasteiger partial charge is 0.344 e. The Morgan fingerprint density at radius 3 is 2.62 bits per heavy atom. The average Bonchev–Trinajstić information content (AvgIpc) is 2.95. The molecule has 3 aromatic carbocycles. The predicted molar refractivity (Wildman–Crippen MR) is 163 cm³/mol. The molecule has 42 heavy (non-hydrogen) atoms. The van der Waals surface area contributed by atoms with Gasteiger partial charge in [0.25, 0.3) is 5.56 Å². The van der Waals surface area contributed by atoms with E-state index in [1.807, 2.05) is 32.9 Å². The maximum absolute atomic E-state index is 13.7. The molecule has 0 fully saturated rings. The lowest BCUT2D eigenvalue weighted by molar-refractivity contribution is -0.385. The first kappa shape index (κ1) is 30.4. The van der Waals surface area contributed by atoms with E-state index in [9.17, 15) is 19.7 Å². The molecule has 11 nitrogen and oxygen atoms in total. The van der Waals surface area contributed by atoms with Gasteiger partial charge in [0.05, 0.1) is 40.2 Å². The third-order valence-corrected chi connectivity index (χ3v) is 6.99. The molecular formula is C30H29BrN4O7. The molecule has 0 N–H and O–H groups in total. The molecule has 4 rings (SSSR count). The highest BCUT2D eigenvalue weighted by molar-refractivity contribution is 9.10. The van der Waals surface area contributed by atoms with Gasteiger partial charge in [-0.1, -0.05) is 26.0 Å². The molecule has 0 radical (unpaired) electrons. The number of carbonyl (C=O) groups is 1.